The highest BCUT2D eigenvalue weighted by Crippen LogP contribution is 2.20. The van der Waals surface area contributed by atoms with Crippen LogP contribution in [0.2, 0.25) is 0 Å². The molecule has 0 saturated heterocycles. The molecule has 1 heterocycles. The quantitative estimate of drug-likeness (QED) is 0.392. The van der Waals surface area contributed by atoms with Crippen molar-refractivity contribution in [2.24, 2.45) is 11.8 Å². The van der Waals surface area contributed by atoms with Crippen LogP contribution in [0.4, 0.5) is 0 Å². The zero-order chi connectivity index (χ0) is 26.0. The van der Waals surface area contributed by atoms with Gasteiger partial charge >= 0.3 is 5.97 Å². The third kappa shape index (κ3) is 8.84. The van der Waals surface area contributed by atoms with Gasteiger partial charge < -0.3 is 14.6 Å². The van der Waals surface area contributed by atoms with E-state index in [2.05, 4.69) is 35.6 Å². The normalized spacial score (nSPS) is 12.0. The summed E-state index contributed by atoms with van der Waals surface area (Å²) >= 11 is 1.21. The minimum Gasteiger partial charge on any atom is -0.465 e. The fourth-order valence-corrected chi connectivity index (χ4v) is 4.75. The second-order valence-corrected chi connectivity index (χ2v) is 10.5. The van der Waals surface area contributed by atoms with E-state index in [9.17, 15) is 14.4 Å². The number of hydrogen-bond donors (Lipinski definition) is 1. The Hall–Kier alpha value is -2.61. The predicted molar refractivity (Wildman–Crippen MR) is 140 cm³/mol. The number of rotatable bonds is 13. The van der Waals surface area contributed by atoms with Gasteiger partial charge in [0.2, 0.25) is 5.91 Å². The second kappa shape index (κ2) is 14.1. The van der Waals surface area contributed by atoms with E-state index in [0.717, 1.165) is 48.3 Å². The van der Waals surface area contributed by atoms with Crippen LogP contribution in [0, 0.1) is 18.8 Å². The van der Waals surface area contributed by atoms with Crippen molar-refractivity contribution in [1.82, 2.24) is 14.9 Å². The first kappa shape index (κ1) is 28.6. The molecule has 0 aliphatic rings. The highest BCUT2D eigenvalue weighted by Gasteiger charge is 2.21. The molecule has 0 saturated carbocycles. The molecule has 1 aromatic carbocycles. The van der Waals surface area contributed by atoms with Gasteiger partial charge in [-0.1, -0.05) is 51.1 Å². The number of amides is 1. The Bertz CT molecular complexity index is 1020. The van der Waals surface area contributed by atoms with Gasteiger partial charge in [0.1, 0.15) is 5.82 Å². The summed E-state index contributed by atoms with van der Waals surface area (Å²) < 4.78 is 7.02. The van der Waals surface area contributed by atoms with Crippen LogP contribution in [0.25, 0.3) is 0 Å². The Kier molecular flexibility index (Phi) is 11.5. The molecule has 1 unspecified atom stereocenters. The zero-order valence-corrected chi connectivity index (χ0v) is 22.7. The molecule has 0 bridgehead atoms. The maximum Gasteiger partial charge on any atom is 0.338 e. The van der Waals surface area contributed by atoms with Crippen molar-refractivity contribution in [1.29, 1.82) is 0 Å². The van der Waals surface area contributed by atoms with Gasteiger partial charge in [-0.15, -0.1) is 0 Å². The van der Waals surface area contributed by atoms with Crippen LogP contribution >= 0.6 is 11.8 Å². The van der Waals surface area contributed by atoms with Crippen LogP contribution in [0.1, 0.15) is 80.0 Å². The van der Waals surface area contributed by atoms with Crippen LogP contribution in [0.15, 0.2) is 24.4 Å². The van der Waals surface area contributed by atoms with Crippen LogP contribution in [-0.2, 0) is 33.8 Å². The van der Waals surface area contributed by atoms with E-state index in [4.69, 9.17) is 4.74 Å². The first-order valence-electron chi connectivity index (χ1n) is 12.3. The number of hydrogen-bond acceptors (Lipinski definition) is 6. The summed E-state index contributed by atoms with van der Waals surface area (Å²) in [4.78, 5) is 41.0. The lowest BCUT2D eigenvalue weighted by atomic mass is 9.98. The molecule has 0 fully saturated rings. The summed E-state index contributed by atoms with van der Waals surface area (Å²) in [6.45, 7) is 10.7. The van der Waals surface area contributed by atoms with Crippen molar-refractivity contribution in [3.8, 4) is 0 Å². The summed E-state index contributed by atoms with van der Waals surface area (Å²) in [5.41, 5.74) is 3.40. The van der Waals surface area contributed by atoms with Crippen molar-refractivity contribution in [3.05, 3.63) is 52.6 Å². The number of nitrogens with zero attached hydrogens (tertiary/aromatic N) is 2. The minimum atomic E-state index is -0.345. The standard InChI is InChI=1S/C27H39N3O4S/c1-7-8-9-25-28-14-23(15-29-26(32)22(12-18(2)3)17-35-20(5)31)30(25)16-21-10-11-24(19(4)13-21)27(33)34-6/h10-11,13-14,18,22H,7-9,12,15-17H2,1-6H3,(H,29,32). The molecule has 8 heteroatoms. The van der Waals surface area contributed by atoms with Crippen molar-refractivity contribution in [2.45, 2.75) is 73.4 Å². The van der Waals surface area contributed by atoms with Gasteiger partial charge in [0.05, 0.1) is 31.1 Å². The molecule has 2 aromatic rings. The van der Waals surface area contributed by atoms with Crippen molar-refractivity contribution in [2.75, 3.05) is 12.9 Å². The van der Waals surface area contributed by atoms with E-state index in [0.29, 0.717) is 30.3 Å². The summed E-state index contributed by atoms with van der Waals surface area (Å²) in [6.07, 6.45) is 5.52. The van der Waals surface area contributed by atoms with E-state index >= 15 is 0 Å². The number of carbonyl (C=O) groups is 3. The number of aryl methyl sites for hydroxylation is 2. The van der Waals surface area contributed by atoms with Crippen LogP contribution in [0.3, 0.4) is 0 Å². The number of ether oxygens (including phenoxy) is 1. The Morgan fingerprint density at radius 2 is 1.97 bits per heavy atom. The molecule has 192 valence electrons. The smallest absolute Gasteiger partial charge is 0.338 e. The molecule has 2 rings (SSSR count). The molecule has 1 aromatic heterocycles. The van der Waals surface area contributed by atoms with Gasteiger partial charge in [0.15, 0.2) is 5.12 Å². The van der Waals surface area contributed by atoms with Crippen LogP contribution in [0.5, 0.6) is 0 Å². The molecule has 0 radical (unpaired) electrons. The lowest BCUT2D eigenvalue weighted by molar-refractivity contribution is -0.125. The summed E-state index contributed by atoms with van der Waals surface area (Å²) in [5.74, 6) is 1.24. The predicted octanol–water partition coefficient (Wildman–Crippen LogP) is 4.93. The fourth-order valence-electron chi connectivity index (χ4n) is 4.03. The number of nitrogens with one attached hydrogen (secondary N) is 1. The third-order valence-corrected chi connectivity index (χ3v) is 6.85. The molecule has 35 heavy (non-hydrogen) atoms. The molecule has 7 nitrogen and oxygen atoms in total. The highest BCUT2D eigenvalue weighted by molar-refractivity contribution is 8.13. The minimum absolute atomic E-state index is 0.0266. The number of carbonyl (C=O) groups excluding carboxylic acids is 3. The Morgan fingerprint density at radius 1 is 1.23 bits per heavy atom. The SMILES string of the molecule is CCCCc1ncc(CNC(=O)C(CSC(C)=O)CC(C)C)n1Cc1ccc(C(=O)OC)c(C)c1. The van der Waals surface area contributed by atoms with E-state index in [1.54, 1.807) is 6.07 Å². The molecular weight excluding hydrogens is 462 g/mol. The van der Waals surface area contributed by atoms with E-state index < -0.39 is 0 Å². The highest BCUT2D eigenvalue weighted by atomic mass is 32.2. The maximum atomic E-state index is 13.0. The average Bonchev–Trinajstić information content (AvgIpc) is 3.19. The summed E-state index contributed by atoms with van der Waals surface area (Å²) in [7, 11) is 1.38. The van der Waals surface area contributed by atoms with Gasteiger partial charge in [-0.25, -0.2) is 9.78 Å². The number of methoxy groups -OCH3 is 1. The third-order valence-electron chi connectivity index (χ3n) is 5.87. The monoisotopic (exact) mass is 501 g/mol. The van der Waals surface area contributed by atoms with E-state index in [1.165, 1.54) is 25.8 Å². The second-order valence-electron chi connectivity index (χ2n) is 9.34. The number of thioether (sulfide) groups is 1. The molecule has 1 N–H and O–H groups in total. The van der Waals surface area contributed by atoms with Gasteiger partial charge in [0.25, 0.3) is 0 Å². The number of esters is 1. The van der Waals surface area contributed by atoms with Gasteiger partial charge in [0, 0.05) is 31.6 Å². The van der Waals surface area contributed by atoms with E-state index in [1.807, 2.05) is 25.3 Å². The van der Waals surface area contributed by atoms with Crippen LogP contribution in [-0.4, -0.2) is 39.4 Å². The van der Waals surface area contributed by atoms with Gasteiger partial charge in [-0.3, -0.25) is 9.59 Å². The molecule has 0 spiro atoms. The Labute approximate surface area is 213 Å². The summed E-state index contributed by atoms with van der Waals surface area (Å²) in [6, 6.07) is 5.72. The lowest BCUT2D eigenvalue weighted by Gasteiger charge is -2.19. The van der Waals surface area contributed by atoms with Crippen molar-refractivity contribution >= 4 is 28.8 Å². The average molecular weight is 502 g/mol. The first-order valence-corrected chi connectivity index (χ1v) is 13.3. The molecule has 0 aliphatic heterocycles. The van der Waals surface area contributed by atoms with Crippen molar-refractivity contribution in [3.63, 3.8) is 0 Å². The lowest BCUT2D eigenvalue weighted by Crippen LogP contribution is -2.33. The van der Waals surface area contributed by atoms with Crippen molar-refractivity contribution < 1.29 is 19.1 Å². The number of aromatic nitrogens is 2. The zero-order valence-electron chi connectivity index (χ0n) is 21.8. The Balaban J connectivity index is 2.21. The summed E-state index contributed by atoms with van der Waals surface area (Å²) in [5, 5.41) is 3.11. The largest absolute Gasteiger partial charge is 0.465 e. The maximum absolute atomic E-state index is 13.0. The van der Waals surface area contributed by atoms with Gasteiger partial charge in [-0.05, 0) is 42.9 Å². The number of unbranched alkanes of at least 4 members (excludes halogenated alkanes) is 1. The topological polar surface area (TPSA) is 90.3 Å². The first-order chi connectivity index (χ1) is 16.7. The number of imidazole rings is 1. The molecule has 1 amide bonds. The molecule has 1 atom stereocenters. The Morgan fingerprint density at radius 3 is 2.57 bits per heavy atom. The fraction of sp³-hybridized carbons (Fsp3) is 0.556. The van der Waals surface area contributed by atoms with E-state index in [-0.39, 0.29) is 22.9 Å². The van der Waals surface area contributed by atoms with Gasteiger partial charge in [-0.2, -0.15) is 0 Å². The van der Waals surface area contributed by atoms with Crippen LogP contribution < -0.4 is 5.32 Å². The molecular formula is C27H39N3O4S. The number of benzene rings is 1. The molecule has 0 aliphatic carbocycles.